The lowest BCUT2D eigenvalue weighted by molar-refractivity contribution is 0.441. The highest BCUT2D eigenvalue weighted by Crippen LogP contribution is 2.43. The van der Waals surface area contributed by atoms with Crippen molar-refractivity contribution in [2.24, 2.45) is 0 Å². The van der Waals surface area contributed by atoms with Crippen molar-refractivity contribution < 1.29 is 5.11 Å². The minimum absolute atomic E-state index is 0.125. The number of aromatic hydroxyl groups is 1. The van der Waals surface area contributed by atoms with Crippen LogP contribution in [0.2, 0.25) is 19.6 Å². The molecule has 3 aromatic heterocycles. The van der Waals surface area contributed by atoms with E-state index in [-0.39, 0.29) is 22.0 Å². The molecular weight excluding hydrogens is 701 g/mol. The number of nitrogens with zero attached hydrogens (tertiary/aromatic N) is 4. The van der Waals surface area contributed by atoms with Crippen molar-refractivity contribution >= 4 is 24.3 Å². The summed E-state index contributed by atoms with van der Waals surface area (Å²) in [7, 11) is -1.71. The molecule has 6 heteroatoms. The molecule has 0 unspecified atom stereocenters. The Hall–Kier alpha value is -5.33. The van der Waals surface area contributed by atoms with Gasteiger partial charge in [0.1, 0.15) is 11.4 Å². The summed E-state index contributed by atoms with van der Waals surface area (Å²) in [5, 5.41) is 13.4. The Morgan fingerprint density at radius 3 is 1.84 bits per heavy atom. The van der Waals surface area contributed by atoms with Gasteiger partial charge in [0.05, 0.1) is 24.8 Å². The molecule has 4 aromatic carbocycles. The van der Waals surface area contributed by atoms with Gasteiger partial charge in [0.2, 0.25) is 0 Å². The van der Waals surface area contributed by atoms with Gasteiger partial charge in [-0.2, -0.15) is 0 Å². The normalized spacial score (nSPS) is 12.7. The Kier molecular flexibility index (Phi) is 9.73. The zero-order valence-electron chi connectivity index (χ0n) is 35.2. The largest absolute Gasteiger partial charge is 0.505 e. The molecule has 0 fully saturated rings. The average Bonchev–Trinajstić information content (AvgIpc) is 3.53. The Morgan fingerprint density at radius 2 is 1.23 bits per heavy atom. The third-order valence-corrected chi connectivity index (χ3v) is 12.7. The van der Waals surface area contributed by atoms with Gasteiger partial charge in [-0.05, 0) is 80.7 Å². The molecule has 7 rings (SSSR count). The van der Waals surface area contributed by atoms with Crippen LogP contribution in [0.3, 0.4) is 0 Å². The van der Waals surface area contributed by atoms with Gasteiger partial charge >= 0.3 is 0 Å². The molecule has 1 N–H and O–H groups in total. The maximum atomic E-state index is 12.1. The number of para-hydroxylation sites is 2. The second-order valence-electron chi connectivity index (χ2n) is 19.3. The number of pyridine rings is 2. The summed E-state index contributed by atoms with van der Waals surface area (Å²) in [6, 6.07) is 38.6. The van der Waals surface area contributed by atoms with E-state index in [4.69, 9.17) is 15.0 Å². The molecule has 0 spiro atoms. The Bertz CT molecular complexity index is 2560. The number of rotatable bonds is 6. The fourth-order valence-corrected chi connectivity index (χ4v) is 8.89. The van der Waals surface area contributed by atoms with Gasteiger partial charge < -0.3 is 5.11 Å². The second kappa shape index (κ2) is 14.0. The highest BCUT2D eigenvalue weighted by molar-refractivity contribution is 6.89. The summed E-state index contributed by atoms with van der Waals surface area (Å²) in [6.07, 6.45) is 2.12. The van der Waals surface area contributed by atoms with Gasteiger partial charge in [0.25, 0.3) is 0 Å². The summed E-state index contributed by atoms with van der Waals surface area (Å²) in [5.41, 5.74) is 12.1. The number of benzene rings is 4. The molecule has 0 atom stereocenters. The number of hydrogen-bond acceptors (Lipinski definition) is 4. The van der Waals surface area contributed by atoms with Crippen LogP contribution >= 0.6 is 0 Å². The van der Waals surface area contributed by atoms with Gasteiger partial charge in [-0.1, -0.05) is 149 Å². The molecule has 3 heterocycles. The van der Waals surface area contributed by atoms with E-state index < -0.39 is 8.07 Å². The van der Waals surface area contributed by atoms with E-state index in [0.717, 1.165) is 50.4 Å². The Labute approximate surface area is 334 Å². The molecule has 56 heavy (non-hydrogen) atoms. The first-order valence-electron chi connectivity index (χ1n) is 19.8. The lowest BCUT2D eigenvalue weighted by atomic mass is 9.82. The van der Waals surface area contributed by atoms with Gasteiger partial charge in [-0.3, -0.25) is 9.55 Å². The lowest BCUT2D eigenvalue weighted by Gasteiger charge is -2.26. The zero-order chi connectivity index (χ0) is 40.4. The monoisotopic (exact) mass is 756 g/mol. The average molecular weight is 757 g/mol. The summed E-state index contributed by atoms with van der Waals surface area (Å²) < 4.78 is 2.15. The fourth-order valence-electron chi connectivity index (χ4n) is 7.41. The maximum absolute atomic E-state index is 12.1. The molecule has 0 saturated heterocycles. The topological polar surface area (TPSA) is 63.8 Å². The van der Waals surface area contributed by atoms with Gasteiger partial charge in [0.15, 0.2) is 5.82 Å². The van der Waals surface area contributed by atoms with Crippen molar-refractivity contribution in [3.63, 3.8) is 0 Å². The predicted octanol–water partition coefficient (Wildman–Crippen LogP) is 12.6. The van der Waals surface area contributed by atoms with Crippen LogP contribution < -0.4 is 5.19 Å². The molecule has 0 aliphatic rings. The standard InChI is InChI=1S/C50H56N4OSi/c1-48(2,3)35-27-33(26-34(28-35)40-29-38(32-20-15-13-16-21-32)42(31-51-40)56(10,11)12)37-24-19-25-41-44(37)53-47(54(41)36-22-17-14-18-23-36)45-46(55)39(49(4,5)6)30-43(52-45)50(7,8)9/h13-31,55H,1-12H3. The van der Waals surface area contributed by atoms with E-state index >= 15 is 0 Å². The molecule has 0 aliphatic carbocycles. The third kappa shape index (κ3) is 7.47. The predicted molar refractivity (Wildman–Crippen MR) is 239 cm³/mol. The summed E-state index contributed by atoms with van der Waals surface area (Å²) in [6.45, 7) is 26.8. The minimum Gasteiger partial charge on any atom is -0.505 e. The quantitative estimate of drug-likeness (QED) is 0.172. The van der Waals surface area contributed by atoms with Crippen LogP contribution in [0.1, 0.15) is 79.1 Å². The zero-order valence-corrected chi connectivity index (χ0v) is 36.2. The highest BCUT2D eigenvalue weighted by Gasteiger charge is 2.30. The van der Waals surface area contributed by atoms with Crippen LogP contribution in [-0.4, -0.2) is 32.7 Å². The van der Waals surface area contributed by atoms with E-state index in [1.165, 1.54) is 21.9 Å². The van der Waals surface area contributed by atoms with E-state index in [0.29, 0.717) is 11.5 Å². The fraction of sp³-hybridized carbons (Fsp3) is 0.300. The van der Waals surface area contributed by atoms with Crippen molar-refractivity contribution in [3.8, 4) is 56.5 Å². The summed E-state index contributed by atoms with van der Waals surface area (Å²) >= 11 is 0. The maximum Gasteiger partial charge on any atom is 0.168 e. The molecule has 0 aliphatic heterocycles. The van der Waals surface area contributed by atoms with Crippen LogP contribution in [0.5, 0.6) is 5.75 Å². The van der Waals surface area contributed by atoms with Crippen molar-refractivity contribution in [3.05, 3.63) is 132 Å². The number of hydrogen-bond donors (Lipinski definition) is 1. The SMILES string of the molecule is CC(C)(C)c1cc(-c2cc(-c3ccccc3)c([Si](C)(C)C)cn2)cc(-c2cccc3c2nc(-c2nc(C(C)(C)C)cc(C(C)(C)C)c2O)n3-c2ccccc2)c1. The van der Waals surface area contributed by atoms with Crippen LogP contribution in [0.25, 0.3) is 61.8 Å². The van der Waals surface area contributed by atoms with Crippen molar-refractivity contribution in [1.29, 1.82) is 0 Å². The first kappa shape index (κ1) is 38.9. The smallest absolute Gasteiger partial charge is 0.168 e. The van der Waals surface area contributed by atoms with Crippen molar-refractivity contribution in [2.75, 3.05) is 0 Å². The molecule has 0 bridgehead atoms. The second-order valence-corrected chi connectivity index (χ2v) is 24.4. The number of fused-ring (bicyclic) bond motifs is 1. The first-order chi connectivity index (χ1) is 26.2. The van der Waals surface area contributed by atoms with E-state index in [1.54, 1.807) is 0 Å². The Morgan fingerprint density at radius 1 is 0.589 bits per heavy atom. The van der Waals surface area contributed by atoms with Crippen molar-refractivity contribution in [2.45, 2.75) is 98.2 Å². The van der Waals surface area contributed by atoms with Crippen molar-refractivity contribution in [1.82, 2.24) is 19.5 Å². The molecular formula is C50H56N4OSi. The third-order valence-electron chi connectivity index (χ3n) is 10.7. The minimum atomic E-state index is -1.71. The van der Waals surface area contributed by atoms with E-state index in [9.17, 15) is 5.11 Å². The molecule has 0 radical (unpaired) electrons. The van der Waals surface area contributed by atoms with Crippen LogP contribution in [0.15, 0.2) is 115 Å². The molecule has 0 saturated carbocycles. The van der Waals surface area contributed by atoms with Gasteiger partial charge in [-0.25, -0.2) is 9.97 Å². The molecule has 286 valence electrons. The Balaban J connectivity index is 1.52. The van der Waals surface area contributed by atoms with Gasteiger partial charge in [-0.15, -0.1) is 0 Å². The summed E-state index contributed by atoms with van der Waals surface area (Å²) in [5.74, 6) is 0.773. The number of aromatic nitrogens is 4. The first-order valence-corrected chi connectivity index (χ1v) is 23.3. The molecule has 5 nitrogen and oxygen atoms in total. The van der Waals surface area contributed by atoms with E-state index in [2.05, 4.69) is 184 Å². The highest BCUT2D eigenvalue weighted by atomic mass is 28.3. The van der Waals surface area contributed by atoms with E-state index in [1.807, 2.05) is 18.2 Å². The molecule has 0 amide bonds. The number of imidazole rings is 1. The van der Waals surface area contributed by atoms with Crippen LogP contribution in [0.4, 0.5) is 0 Å². The van der Waals surface area contributed by atoms with Crippen LogP contribution in [-0.2, 0) is 16.2 Å². The van der Waals surface area contributed by atoms with Crippen LogP contribution in [0, 0.1) is 0 Å². The lowest BCUT2D eigenvalue weighted by Crippen LogP contribution is -2.39. The van der Waals surface area contributed by atoms with Gasteiger partial charge in [0, 0.05) is 39.7 Å². The molecule has 7 aromatic rings. The summed E-state index contributed by atoms with van der Waals surface area (Å²) in [4.78, 5) is 15.8.